The molecular formula is C29H30FN2Si+. The number of nitrogens with zero attached hydrogens (tertiary/aromatic N) is 2. The molecule has 166 valence electrons. The van der Waals surface area contributed by atoms with Gasteiger partial charge in [-0.25, -0.2) is 8.96 Å². The molecule has 0 saturated carbocycles. The summed E-state index contributed by atoms with van der Waals surface area (Å²) in [6.07, 6.45) is 2.19. The molecule has 0 atom stereocenters. The van der Waals surface area contributed by atoms with Crippen LogP contribution < -0.4 is 9.75 Å². The third kappa shape index (κ3) is 2.50. The number of rotatable bonds is 4. The number of hydrogen-bond donors (Lipinski definition) is 0. The van der Waals surface area contributed by atoms with Crippen molar-refractivity contribution in [2.24, 2.45) is 7.05 Å². The third-order valence-corrected chi connectivity index (χ3v) is 14.0. The second kappa shape index (κ2) is 7.01. The molecule has 0 bridgehead atoms. The maximum atomic E-state index is 15.2. The molecule has 0 radical (unpaired) electrons. The molecule has 0 unspecified atom stereocenters. The number of aromatic nitrogens is 2. The molecule has 0 aliphatic heterocycles. The van der Waals surface area contributed by atoms with Crippen LogP contribution in [0.25, 0.3) is 49.0 Å². The second-order valence-electron chi connectivity index (χ2n) is 9.70. The zero-order valence-electron chi connectivity index (χ0n) is 20.1. The Morgan fingerprint density at radius 1 is 0.879 bits per heavy atom. The van der Waals surface area contributed by atoms with Crippen molar-refractivity contribution in [3.8, 4) is 0 Å². The van der Waals surface area contributed by atoms with Crippen molar-refractivity contribution in [2.45, 2.75) is 45.8 Å². The molecule has 3 aromatic carbocycles. The Bertz CT molecular complexity index is 1700. The summed E-state index contributed by atoms with van der Waals surface area (Å²) in [5, 5.41) is 7.05. The van der Waals surface area contributed by atoms with E-state index in [0.29, 0.717) is 0 Å². The largest absolute Gasteiger partial charge is 0.307 e. The smallest absolute Gasteiger partial charge is 0.224 e. The first-order valence-corrected chi connectivity index (χ1v) is 14.8. The van der Waals surface area contributed by atoms with E-state index in [1.807, 2.05) is 6.07 Å². The van der Waals surface area contributed by atoms with Gasteiger partial charge in [-0.1, -0.05) is 68.4 Å². The highest BCUT2D eigenvalue weighted by Crippen LogP contribution is 2.41. The summed E-state index contributed by atoms with van der Waals surface area (Å²) in [6, 6.07) is 20.7. The van der Waals surface area contributed by atoms with E-state index in [4.69, 9.17) is 0 Å². The van der Waals surface area contributed by atoms with E-state index < -0.39 is 8.07 Å². The van der Waals surface area contributed by atoms with Gasteiger partial charge in [0, 0.05) is 16.8 Å². The molecule has 33 heavy (non-hydrogen) atoms. The van der Waals surface area contributed by atoms with Crippen LogP contribution in [-0.2, 0) is 7.05 Å². The zero-order chi connectivity index (χ0) is 23.1. The third-order valence-electron chi connectivity index (χ3n) is 8.45. The Hall–Kier alpha value is -2.98. The molecular weight excluding hydrogens is 423 g/mol. The fourth-order valence-corrected chi connectivity index (χ4v) is 10.0. The first-order valence-electron chi connectivity index (χ1n) is 12.2. The van der Waals surface area contributed by atoms with Gasteiger partial charge in [-0.15, -0.1) is 0 Å². The molecule has 0 N–H and O–H groups in total. The van der Waals surface area contributed by atoms with Crippen LogP contribution >= 0.6 is 0 Å². The van der Waals surface area contributed by atoms with Crippen LogP contribution in [0.4, 0.5) is 4.39 Å². The number of pyridine rings is 2. The Labute approximate surface area is 194 Å². The van der Waals surface area contributed by atoms with Crippen LogP contribution in [-0.4, -0.2) is 12.5 Å². The Balaban J connectivity index is 1.99. The van der Waals surface area contributed by atoms with Crippen LogP contribution in [0, 0.1) is 12.7 Å². The molecule has 6 aromatic rings. The quantitative estimate of drug-likeness (QED) is 0.118. The second-order valence-corrected chi connectivity index (χ2v) is 15.0. The van der Waals surface area contributed by atoms with Gasteiger partial charge in [0.25, 0.3) is 0 Å². The SMILES string of the molecule is CC[Si](CC)(CC)c1cc2cc[n+](C)c3c4c(C)ccc5c6c(F)cccc6n(c(c1)c23)c54. The lowest BCUT2D eigenvalue weighted by Gasteiger charge is -2.29. The molecule has 0 spiro atoms. The minimum atomic E-state index is -1.60. The highest BCUT2D eigenvalue weighted by atomic mass is 28.3. The number of aryl methyl sites for hydroxylation is 2. The molecule has 0 fully saturated rings. The Kier molecular flexibility index (Phi) is 4.38. The molecule has 3 aromatic heterocycles. The summed E-state index contributed by atoms with van der Waals surface area (Å²) < 4.78 is 19.8. The Morgan fingerprint density at radius 3 is 2.36 bits per heavy atom. The van der Waals surface area contributed by atoms with Crippen LogP contribution in [0.5, 0.6) is 0 Å². The normalized spacial score (nSPS) is 12.9. The van der Waals surface area contributed by atoms with Gasteiger partial charge in [0.2, 0.25) is 5.52 Å². The molecule has 0 amide bonds. The summed E-state index contributed by atoms with van der Waals surface area (Å²) >= 11 is 0. The van der Waals surface area contributed by atoms with E-state index in [1.54, 1.807) is 6.07 Å². The van der Waals surface area contributed by atoms with Gasteiger partial charge in [0.15, 0.2) is 6.20 Å². The lowest BCUT2D eigenvalue weighted by Crippen LogP contribution is -2.45. The highest BCUT2D eigenvalue weighted by Gasteiger charge is 2.32. The molecule has 0 aliphatic rings. The maximum absolute atomic E-state index is 15.2. The van der Waals surface area contributed by atoms with Gasteiger partial charge in [0.1, 0.15) is 12.9 Å². The molecule has 3 heterocycles. The lowest BCUT2D eigenvalue weighted by molar-refractivity contribution is -0.643. The van der Waals surface area contributed by atoms with Crippen LogP contribution in [0.2, 0.25) is 18.1 Å². The number of benzene rings is 3. The summed E-state index contributed by atoms with van der Waals surface area (Å²) in [6.45, 7) is 9.27. The van der Waals surface area contributed by atoms with Crippen molar-refractivity contribution in [2.75, 3.05) is 0 Å². The van der Waals surface area contributed by atoms with Gasteiger partial charge in [-0.3, -0.25) is 0 Å². The Morgan fingerprint density at radius 2 is 1.64 bits per heavy atom. The summed E-state index contributed by atoms with van der Waals surface area (Å²) in [7, 11) is 0.529. The van der Waals surface area contributed by atoms with Crippen molar-refractivity contribution in [1.82, 2.24) is 4.40 Å². The van der Waals surface area contributed by atoms with Gasteiger partial charge >= 0.3 is 0 Å². The number of halogens is 1. The van der Waals surface area contributed by atoms with E-state index in [0.717, 1.165) is 21.8 Å². The number of hydrogen-bond acceptors (Lipinski definition) is 0. The van der Waals surface area contributed by atoms with Crippen molar-refractivity contribution in [3.63, 3.8) is 0 Å². The van der Waals surface area contributed by atoms with Crippen LogP contribution in [0.1, 0.15) is 26.3 Å². The zero-order valence-corrected chi connectivity index (χ0v) is 21.1. The monoisotopic (exact) mass is 453 g/mol. The van der Waals surface area contributed by atoms with Crippen LogP contribution in [0.3, 0.4) is 0 Å². The number of fused-ring (bicyclic) bond motifs is 5. The molecule has 4 heteroatoms. The summed E-state index contributed by atoms with van der Waals surface area (Å²) in [5.41, 5.74) is 5.78. The van der Waals surface area contributed by atoms with Gasteiger partial charge in [-0.05, 0) is 36.1 Å². The average molecular weight is 454 g/mol. The lowest BCUT2D eigenvalue weighted by atomic mass is 10.00. The standard InChI is InChI=1S/C29H30FN2Si/c1-6-33(7-2,8-3)20-16-19-14-15-31(5)29-25-18(4)12-13-21-27-22(30)10-9-11-23(27)32(28(21)25)24(17-20)26(19)29/h9-17H,6-8H2,1-5H3/q+1. The first-order chi connectivity index (χ1) is 16.0. The van der Waals surface area contributed by atoms with Gasteiger partial charge in [-0.2, -0.15) is 0 Å². The predicted octanol–water partition coefficient (Wildman–Crippen LogP) is 6.98. The molecule has 0 aliphatic carbocycles. The first kappa shape index (κ1) is 20.6. The van der Waals surface area contributed by atoms with E-state index in [1.165, 1.54) is 56.1 Å². The fourth-order valence-electron chi connectivity index (χ4n) is 6.39. The van der Waals surface area contributed by atoms with Gasteiger partial charge in [0.05, 0.1) is 35.4 Å². The van der Waals surface area contributed by atoms with E-state index in [-0.39, 0.29) is 5.82 Å². The topological polar surface area (TPSA) is 8.29 Å². The van der Waals surface area contributed by atoms with Crippen molar-refractivity contribution < 1.29 is 8.96 Å². The minimum Gasteiger partial charge on any atom is -0.307 e. The van der Waals surface area contributed by atoms with Crippen molar-refractivity contribution in [3.05, 3.63) is 66.1 Å². The summed E-state index contributed by atoms with van der Waals surface area (Å²) in [5.74, 6) is -0.145. The molecule has 0 saturated heterocycles. The van der Waals surface area contributed by atoms with Gasteiger partial charge < -0.3 is 4.40 Å². The van der Waals surface area contributed by atoms with Crippen molar-refractivity contribution >= 4 is 62.3 Å². The average Bonchev–Trinajstić information content (AvgIpc) is 3.17. The minimum absolute atomic E-state index is 0.145. The highest BCUT2D eigenvalue weighted by molar-refractivity contribution is 6.92. The molecule has 6 rings (SSSR count). The predicted molar refractivity (Wildman–Crippen MR) is 141 cm³/mol. The maximum Gasteiger partial charge on any atom is 0.224 e. The molecule has 2 nitrogen and oxygen atoms in total. The summed E-state index contributed by atoms with van der Waals surface area (Å²) in [4.78, 5) is 0. The van der Waals surface area contributed by atoms with E-state index in [2.05, 4.69) is 86.3 Å². The van der Waals surface area contributed by atoms with Crippen LogP contribution in [0.15, 0.2) is 54.7 Å². The van der Waals surface area contributed by atoms with E-state index in [9.17, 15) is 0 Å². The fraction of sp³-hybridized carbons (Fsp3) is 0.276. The van der Waals surface area contributed by atoms with E-state index >= 15 is 4.39 Å². The van der Waals surface area contributed by atoms with Crippen molar-refractivity contribution in [1.29, 1.82) is 0 Å².